The fourth-order valence-corrected chi connectivity index (χ4v) is 7.90. The van der Waals surface area contributed by atoms with E-state index in [4.69, 9.17) is 14.5 Å². The highest BCUT2D eigenvalue weighted by atomic mass is 79.9. The molecule has 1 atom stereocenters. The number of benzene rings is 3. The first kappa shape index (κ1) is 28.5. The van der Waals surface area contributed by atoms with Crippen LogP contribution in [-0.2, 0) is 9.53 Å². The average Bonchev–Trinajstić information content (AvgIpc) is 3.25. The van der Waals surface area contributed by atoms with E-state index in [2.05, 4.69) is 52.1 Å². The van der Waals surface area contributed by atoms with Gasteiger partial charge in [0.25, 0.3) is 5.56 Å². The molecule has 2 aliphatic heterocycles. The maximum atomic E-state index is 14.1. The van der Waals surface area contributed by atoms with Crippen molar-refractivity contribution in [2.24, 2.45) is 4.99 Å². The van der Waals surface area contributed by atoms with Crippen LogP contribution in [0.25, 0.3) is 6.08 Å². The summed E-state index contributed by atoms with van der Waals surface area (Å²) in [7, 11) is 3.64. The maximum absolute atomic E-state index is 14.1. The molecule has 0 radical (unpaired) electrons. The Kier molecular flexibility index (Phi) is 7.63. The van der Waals surface area contributed by atoms with Crippen LogP contribution in [0.5, 0.6) is 5.75 Å². The van der Waals surface area contributed by atoms with Gasteiger partial charge in [-0.2, -0.15) is 0 Å². The number of halogens is 1. The second kappa shape index (κ2) is 11.2. The van der Waals surface area contributed by atoms with E-state index in [1.807, 2.05) is 42.5 Å². The summed E-state index contributed by atoms with van der Waals surface area (Å²) in [6.07, 6.45) is 1.56. The minimum Gasteiger partial charge on any atom is -0.496 e. The van der Waals surface area contributed by atoms with Crippen molar-refractivity contribution in [1.82, 2.24) is 4.57 Å². The molecule has 0 saturated carbocycles. The van der Waals surface area contributed by atoms with Gasteiger partial charge < -0.3 is 14.4 Å². The van der Waals surface area contributed by atoms with Crippen molar-refractivity contribution >= 4 is 62.4 Å². The molecule has 0 fully saturated rings. The van der Waals surface area contributed by atoms with Crippen molar-refractivity contribution in [2.45, 2.75) is 42.7 Å². The van der Waals surface area contributed by atoms with Crippen LogP contribution < -0.4 is 24.5 Å². The minimum atomic E-state index is -0.772. The lowest BCUT2D eigenvalue weighted by molar-refractivity contribution is -0.143. The largest absolute Gasteiger partial charge is 0.496 e. The molecule has 214 valence electrons. The number of anilines is 2. The summed E-state index contributed by atoms with van der Waals surface area (Å²) in [6, 6.07) is 19.3. The number of carbonyl (C=O) groups excluding carboxylic acids is 1. The Labute approximate surface area is 259 Å². The summed E-state index contributed by atoms with van der Waals surface area (Å²) in [5.74, 6) is 0.0436. The van der Waals surface area contributed by atoms with E-state index in [0.717, 1.165) is 20.6 Å². The van der Waals surface area contributed by atoms with Crippen LogP contribution in [0.1, 0.15) is 37.9 Å². The van der Waals surface area contributed by atoms with E-state index in [1.165, 1.54) is 21.9 Å². The van der Waals surface area contributed by atoms with Crippen LogP contribution >= 0.6 is 39.0 Å². The predicted molar refractivity (Wildman–Crippen MR) is 171 cm³/mol. The Bertz CT molecular complexity index is 1960. The second-order valence-electron chi connectivity index (χ2n) is 10.3. The summed E-state index contributed by atoms with van der Waals surface area (Å²) in [5, 5.41) is 0. The quantitative estimate of drug-likeness (QED) is 0.238. The Balaban J connectivity index is 1.50. The standard InChI is InChI=1S/C32H28BrN3O4S2/c1-17(2)40-31(38)28-18(3)34-32-36(29(28)21-16-20(33)11-13-24(21)39-5)30(37)27(42-32)15-19-10-12-23-26(14-19)41-25-9-7-6-8-22(25)35(23)4/h6-17,29H,1-5H3/b27-15-/t29-/m1/s1. The first-order valence-electron chi connectivity index (χ1n) is 13.4. The Morgan fingerprint density at radius 1 is 1.07 bits per heavy atom. The molecule has 10 heteroatoms. The van der Waals surface area contributed by atoms with E-state index >= 15 is 0 Å². The summed E-state index contributed by atoms with van der Waals surface area (Å²) >= 11 is 6.57. The van der Waals surface area contributed by atoms with Crippen molar-refractivity contribution in [1.29, 1.82) is 0 Å². The zero-order valence-corrected chi connectivity index (χ0v) is 26.9. The first-order chi connectivity index (χ1) is 20.2. The number of fused-ring (bicyclic) bond motifs is 3. The number of nitrogens with zero attached hydrogens (tertiary/aromatic N) is 3. The zero-order chi connectivity index (χ0) is 29.7. The normalized spacial score (nSPS) is 16.1. The molecule has 1 aromatic heterocycles. The third-order valence-electron chi connectivity index (χ3n) is 7.16. The van der Waals surface area contributed by atoms with Gasteiger partial charge in [0.05, 0.1) is 40.4 Å². The smallest absolute Gasteiger partial charge is 0.338 e. The van der Waals surface area contributed by atoms with Gasteiger partial charge in [0, 0.05) is 26.9 Å². The molecular formula is C32H28BrN3O4S2. The van der Waals surface area contributed by atoms with E-state index < -0.39 is 12.0 Å². The topological polar surface area (TPSA) is 73.1 Å². The highest BCUT2D eigenvalue weighted by Crippen LogP contribution is 2.47. The van der Waals surface area contributed by atoms with Gasteiger partial charge in [-0.05, 0) is 74.9 Å². The fraction of sp³-hybridized carbons (Fsp3) is 0.219. The van der Waals surface area contributed by atoms with Crippen LogP contribution in [0.3, 0.4) is 0 Å². The SMILES string of the molecule is COc1ccc(Br)cc1[C@@H]1C(C(=O)OC(C)C)=C(C)N=c2s/c(=C\c3ccc4c(c3)Sc3ccccc3N4C)c(=O)n21. The Morgan fingerprint density at radius 2 is 1.83 bits per heavy atom. The van der Waals surface area contributed by atoms with E-state index in [9.17, 15) is 9.59 Å². The number of esters is 1. The van der Waals surface area contributed by atoms with Crippen LogP contribution in [-0.4, -0.2) is 30.8 Å². The summed E-state index contributed by atoms with van der Waals surface area (Å²) < 4.78 is 14.2. The predicted octanol–water partition coefficient (Wildman–Crippen LogP) is 6.19. The molecule has 7 nitrogen and oxygen atoms in total. The lowest BCUT2D eigenvalue weighted by Crippen LogP contribution is -2.40. The molecule has 4 aromatic rings. The number of methoxy groups -OCH3 is 1. The second-order valence-corrected chi connectivity index (χ2v) is 13.3. The third kappa shape index (κ3) is 5.01. The number of hydrogen-bond acceptors (Lipinski definition) is 8. The molecule has 0 spiro atoms. The number of ether oxygens (including phenoxy) is 2. The number of thiazole rings is 1. The molecule has 2 aliphatic rings. The zero-order valence-electron chi connectivity index (χ0n) is 23.7. The number of rotatable bonds is 5. The van der Waals surface area contributed by atoms with E-state index in [0.29, 0.717) is 31.9 Å². The third-order valence-corrected chi connectivity index (χ3v) is 9.75. The maximum Gasteiger partial charge on any atom is 0.338 e. The molecule has 3 heterocycles. The molecule has 6 rings (SSSR count). The minimum absolute atomic E-state index is 0.235. The van der Waals surface area contributed by atoms with Crippen LogP contribution in [0.4, 0.5) is 11.4 Å². The highest BCUT2D eigenvalue weighted by molar-refractivity contribution is 9.10. The van der Waals surface area contributed by atoms with Gasteiger partial charge in [-0.15, -0.1) is 0 Å². The number of allylic oxidation sites excluding steroid dienone is 1. The van der Waals surface area contributed by atoms with Gasteiger partial charge in [0.1, 0.15) is 11.8 Å². The highest BCUT2D eigenvalue weighted by Gasteiger charge is 2.35. The van der Waals surface area contributed by atoms with Crippen molar-refractivity contribution in [2.75, 3.05) is 19.1 Å². The van der Waals surface area contributed by atoms with Gasteiger partial charge in [-0.1, -0.05) is 57.2 Å². The van der Waals surface area contributed by atoms with Gasteiger partial charge in [0.15, 0.2) is 4.80 Å². The lowest BCUT2D eigenvalue weighted by atomic mass is 9.95. The molecule has 3 aromatic carbocycles. The van der Waals surface area contributed by atoms with Gasteiger partial charge in [-0.25, -0.2) is 9.79 Å². The molecule has 0 amide bonds. The molecule has 0 bridgehead atoms. The number of para-hydroxylation sites is 1. The monoisotopic (exact) mass is 661 g/mol. The van der Waals surface area contributed by atoms with Crippen LogP contribution in [0, 0.1) is 0 Å². The summed E-state index contributed by atoms with van der Waals surface area (Å²) in [5.41, 5.74) is 4.44. The van der Waals surface area contributed by atoms with E-state index in [1.54, 1.807) is 44.2 Å². The lowest BCUT2D eigenvalue weighted by Gasteiger charge is -2.29. The molecule has 0 aliphatic carbocycles. The number of aromatic nitrogens is 1. The van der Waals surface area contributed by atoms with Crippen molar-refractivity contribution in [3.8, 4) is 5.75 Å². The number of hydrogen-bond donors (Lipinski definition) is 0. The Hall–Kier alpha value is -3.60. The van der Waals surface area contributed by atoms with Crippen molar-refractivity contribution < 1.29 is 14.3 Å². The van der Waals surface area contributed by atoms with Crippen molar-refractivity contribution in [3.63, 3.8) is 0 Å². The van der Waals surface area contributed by atoms with Crippen molar-refractivity contribution in [3.05, 3.63) is 107 Å². The first-order valence-corrected chi connectivity index (χ1v) is 15.8. The van der Waals surface area contributed by atoms with Gasteiger partial charge in [-0.3, -0.25) is 9.36 Å². The van der Waals surface area contributed by atoms with Crippen LogP contribution in [0.2, 0.25) is 0 Å². The Morgan fingerprint density at radius 3 is 2.60 bits per heavy atom. The summed E-state index contributed by atoms with van der Waals surface area (Å²) in [6.45, 7) is 5.37. The molecule has 0 N–H and O–H groups in total. The average molecular weight is 663 g/mol. The van der Waals surface area contributed by atoms with Gasteiger partial charge in [0.2, 0.25) is 0 Å². The molecule has 0 saturated heterocycles. The molecule has 0 unspecified atom stereocenters. The van der Waals surface area contributed by atoms with Gasteiger partial charge >= 0.3 is 5.97 Å². The van der Waals surface area contributed by atoms with E-state index in [-0.39, 0.29) is 11.7 Å². The molecular weight excluding hydrogens is 634 g/mol. The molecule has 42 heavy (non-hydrogen) atoms. The summed E-state index contributed by atoms with van der Waals surface area (Å²) in [4.78, 5) is 37.3. The van der Waals surface area contributed by atoms with Crippen LogP contribution in [0.15, 0.2) is 96.0 Å². The fourth-order valence-electron chi connectivity index (χ4n) is 5.27. The number of carbonyl (C=O) groups is 1.